The summed E-state index contributed by atoms with van der Waals surface area (Å²) >= 11 is 0. The Bertz CT molecular complexity index is 808. The predicted molar refractivity (Wildman–Crippen MR) is 96.2 cm³/mol. The standard InChI is InChI=1S/C18H21N5O2/c1-13-11-17(25)22-18(20-13)23-9-6-15(7-10-23)21-16(24)5-4-14-3-2-8-19-12-14/h2-5,8,11-12,15H,6-7,9-10H2,1H3,(H,21,24)(H,20,22,25)/b5-4-. The summed E-state index contributed by atoms with van der Waals surface area (Å²) in [5, 5.41) is 3.02. The van der Waals surface area contributed by atoms with Gasteiger partial charge in [0.25, 0.3) is 5.56 Å². The highest BCUT2D eigenvalue weighted by Gasteiger charge is 2.21. The lowest BCUT2D eigenvalue weighted by Crippen LogP contribution is -2.45. The number of aromatic nitrogens is 3. The van der Waals surface area contributed by atoms with Crippen LogP contribution in [-0.4, -0.2) is 40.0 Å². The molecule has 2 aromatic heterocycles. The number of nitrogens with one attached hydrogen (secondary N) is 2. The number of carbonyl (C=O) groups excluding carboxylic acids is 1. The van der Waals surface area contributed by atoms with Gasteiger partial charge in [0.05, 0.1) is 0 Å². The van der Waals surface area contributed by atoms with Crippen molar-refractivity contribution >= 4 is 17.9 Å². The van der Waals surface area contributed by atoms with E-state index in [1.165, 1.54) is 12.1 Å². The molecular weight excluding hydrogens is 318 g/mol. The fourth-order valence-electron chi connectivity index (χ4n) is 2.84. The van der Waals surface area contributed by atoms with Crippen LogP contribution in [0.15, 0.2) is 41.5 Å². The molecule has 0 saturated carbocycles. The second-order valence-corrected chi connectivity index (χ2v) is 6.10. The van der Waals surface area contributed by atoms with Crippen LogP contribution in [0.3, 0.4) is 0 Å². The van der Waals surface area contributed by atoms with Crippen molar-refractivity contribution in [1.82, 2.24) is 20.3 Å². The molecule has 1 fully saturated rings. The number of H-pyrrole nitrogens is 1. The normalized spacial score (nSPS) is 15.5. The van der Waals surface area contributed by atoms with Crippen LogP contribution in [0.5, 0.6) is 0 Å². The molecule has 1 saturated heterocycles. The van der Waals surface area contributed by atoms with Crippen LogP contribution < -0.4 is 15.8 Å². The first-order valence-electron chi connectivity index (χ1n) is 8.32. The summed E-state index contributed by atoms with van der Waals surface area (Å²) in [7, 11) is 0. The van der Waals surface area contributed by atoms with E-state index < -0.39 is 0 Å². The number of rotatable bonds is 4. The van der Waals surface area contributed by atoms with Gasteiger partial charge in [-0.15, -0.1) is 0 Å². The van der Waals surface area contributed by atoms with Crippen LogP contribution in [0.4, 0.5) is 5.95 Å². The van der Waals surface area contributed by atoms with Crippen molar-refractivity contribution in [2.45, 2.75) is 25.8 Å². The molecule has 2 N–H and O–H groups in total. The van der Waals surface area contributed by atoms with Gasteiger partial charge in [0.1, 0.15) is 0 Å². The highest BCUT2D eigenvalue weighted by molar-refractivity contribution is 5.91. The highest BCUT2D eigenvalue weighted by Crippen LogP contribution is 2.15. The number of amides is 1. The first-order valence-corrected chi connectivity index (χ1v) is 8.32. The zero-order valence-electron chi connectivity index (χ0n) is 14.1. The molecule has 1 aliphatic heterocycles. The van der Waals surface area contributed by atoms with Gasteiger partial charge >= 0.3 is 0 Å². The molecule has 0 unspecified atom stereocenters. The maximum absolute atomic E-state index is 12.0. The van der Waals surface area contributed by atoms with Crippen molar-refractivity contribution < 1.29 is 4.79 Å². The van der Waals surface area contributed by atoms with E-state index in [9.17, 15) is 9.59 Å². The minimum atomic E-state index is -0.140. The molecule has 1 amide bonds. The molecule has 7 nitrogen and oxygen atoms in total. The van der Waals surface area contributed by atoms with Crippen molar-refractivity contribution in [3.63, 3.8) is 0 Å². The monoisotopic (exact) mass is 339 g/mol. The largest absolute Gasteiger partial charge is 0.350 e. The number of carbonyl (C=O) groups is 1. The third kappa shape index (κ3) is 4.76. The number of nitrogens with zero attached hydrogens (tertiary/aromatic N) is 3. The van der Waals surface area contributed by atoms with Crippen LogP contribution in [0.25, 0.3) is 6.08 Å². The second-order valence-electron chi connectivity index (χ2n) is 6.10. The van der Waals surface area contributed by atoms with Gasteiger partial charge in [-0.3, -0.25) is 19.6 Å². The number of hydrogen-bond donors (Lipinski definition) is 2. The molecule has 130 valence electrons. The molecular formula is C18H21N5O2. The summed E-state index contributed by atoms with van der Waals surface area (Å²) in [6.45, 7) is 3.29. The zero-order valence-corrected chi connectivity index (χ0v) is 14.1. The van der Waals surface area contributed by atoms with Crippen LogP contribution in [0, 0.1) is 6.92 Å². The van der Waals surface area contributed by atoms with E-state index in [2.05, 4.69) is 20.3 Å². The predicted octanol–water partition coefficient (Wildman–Crippen LogP) is 1.27. The lowest BCUT2D eigenvalue weighted by atomic mass is 10.1. The van der Waals surface area contributed by atoms with E-state index >= 15 is 0 Å². The molecule has 3 rings (SSSR count). The Hall–Kier alpha value is -2.96. The van der Waals surface area contributed by atoms with Gasteiger partial charge in [-0.05, 0) is 37.5 Å². The Labute approximate surface area is 145 Å². The molecule has 0 aliphatic carbocycles. The van der Waals surface area contributed by atoms with E-state index in [1.54, 1.807) is 25.4 Å². The molecule has 0 aromatic carbocycles. The van der Waals surface area contributed by atoms with Crippen molar-refractivity contribution in [3.8, 4) is 0 Å². The van der Waals surface area contributed by atoms with Gasteiger partial charge in [-0.25, -0.2) is 4.98 Å². The van der Waals surface area contributed by atoms with Gasteiger partial charge in [0.2, 0.25) is 11.9 Å². The average molecular weight is 339 g/mol. The lowest BCUT2D eigenvalue weighted by molar-refractivity contribution is -0.117. The Morgan fingerprint density at radius 1 is 1.40 bits per heavy atom. The summed E-state index contributed by atoms with van der Waals surface area (Å²) in [5.41, 5.74) is 1.45. The quantitative estimate of drug-likeness (QED) is 0.819. The van der Waals surface area contributed by atoms with Crippen LogP contribution in [0.2, 0.25) is 0 Å². The number of anilines is 1. The molecule has 2 aromatic rings. The Morgan fingerprint density at radius 2 is 2.20 bits per heavy atom. The summed E-state index contributed by atoms with van der Waals surface area (Å²) in [4.78, 5) is 36.8. The Morgan fingerprint density at radius 3 is 2.88 bits per heavy atom. The molecule has 25 heavy (non-hydrogen) atoms. The molecule has 1 aliphatic rings. The number of hydrogen-bond acceptors (Lipinski definition) is 5. The maximum atomic E-state index is 12.0. The van der Waals surface area contributed by atoms with Gasteiger partial charge in [0.15, 0.2) is 0 Å². The van der Waals surface area contributed by atoms with E-state index in [0.29, 0.717) is 11.6 Å². The first kappa shape index (κ1) is 16.9. The Balaban J connectivity index is 1.51. The van der Waals surface area contributed by atoms with Crippen molar-refractivity contribution in [1.29, 1.82) is 0 Å². The van der Waals surface area contributed by atoms with Crippen LogP contribution in [-0.2, 0) is 4.79 Å². The molecule has 0 radical (unpaired) electrons. The smallest absolute Gasteiger partial charge is 0.252 e. The van der Waals surface area contributed by atoms with Crippen LogP contribution >= 0.6 is 0 Å². The number of aryl methyl sites for hydroxylation is 1. The number of pyridine rings is 1. The summed E-state index contributed by atoms with van der Waals surface area (Å²) < 4.78 is 0. The minimum Gasteiger partial charge on any atom is -0.350 e. The SMILES string of the molecule is Cc1cc(=O)[nH]c(N2CCC(NC(=O)/C=C\c3cccnc3)CC2)n1. The third-order valence-electron chi connectivity index (χ3n) is 4.11. The molecule has 0 bridgehead atoms. The average Bonchev–Trinajstić information content (AvgIpc) is 2.61. The summed E-state index contributed by atoms with van der Waals surface area (Å²) in [6.07, 6.45) is 8.30. The van der Waals surface area contributed by atoms with E-state index in [0.717, 1.165) is 31.5 Å². The van der Waals surface area contributed by atoms with Crippen molar-refractivity contribution in [2.24, 2.45) is 0 Å². The highest BCUT2D eigenvalue weighted by atomic mass is 16.1. The fourth-order valence-corrected chi connectivity index (χ4v) is 2.84. The van der Waals surface area contributed by atoms with Gasteiger partial charge in [-0.2, -0.15) is 0 Å². The van der Waals surface area contributed by atoms with Crippen molar-refractivity contribution in [2.75, 3.05) is 18.0 Å². The second kappa shape index (κ2) is 7.74. The maximum Gasteiger partial charge on any atom is 0.252 e. The summed E-state index contributed by atoms with van der Waals surface area (Å²) in [6, 6.07) is 5.33. The molecule has 0 atom stereocenters. The van der Waals surface area contributed by atoms with Gasteiger partial charge in [-0.1, -0.05) is 6.07 Å². The van der Waals surface area contributed by atoms with E-state index in [1.807, 2.05) is 17.0 Å². The summed E-state index contributed by atoms with van der Waals surface area (Å²) in [5.74, 6) is 0.496. The molecule has 3 heterocycles. The van der Waals surface area contributed by atoms with E-state index in [4.69, 9.17) is 0 Å². The number of aromatic amines is 1. The molecule has 0 spiro atoms. The molecule has 7 heteroatoms. The fraction of sp³-hybridized carbons (Fsp3) is 0.333. The zero-order chi connectivity index (χ0) is 17.6. The minimum absolute atomic E-state index is 0.107. The van der Waals surface area contributed by atoms with Gasteiger partial charge < -0.3 is 10.2 Å². The lowest BCUT2D eigenvalue weighted by Gasteiger charge is -2.32. The Kier molecular flexibility index (Phi) is 5.23. The van der Waals surface area contributed by atoms with E-state index in [-0.39, 0.29) is 17.5 Å². The topological polar surface area (TPSA) is 91.0 Å². The van der Waals surface area contributed by atoms with Crippen molar-refractivity contribution in [3.05, 3.63) is 58.3 Å². The van der Waals surface area contributed by atoms with Gasteiger partial charge in [0, 0.05) is 49.4 Å². The third-order valence-corrected chi connectivity index (χ3v) is 4.11. The van der Waals surface area contributed by atoms with Crippen LogP contribution in [0.1, 0.15) is 24.1 Å². The first-order chi connectivity index (χ1) is 12.1. The number of piperidine rings is 1.